The van der Waals surface area contributed by atoms with Gasteiger partial charge in [0.1, 0.15) is 0 Å². The van der Waals surface area contributed by atoms with E-state index in [1.54, 1.807) is 6.20 Å². The smallest absolute Gasteiger partial charge is 0.0695 e. The highest BCUT2D eigenvalue weighted by Gasteiger charge is 2.29. The molecule has 2 heterocycles. The number of ether oxygens (including phenoxy) is 1. The highest BCUT2D eigenvalue weighted by molar-refractivity contribution is 5.01. The Hall–Kier alpha value is -0.870. The van der Waals surface area contributed by atoms with Gasteiger partial charge in [0.05, 0.1) is 5.60 Å². The fourth-order valence-corrected chi connectivity index (χ4v) is 2.01. The first kappa shape index (κ1) is 10.6. The lowest BCUT2D eigenvalue weighted by Crippen LogP contribution is -2.36. The first-order valence-electron chi connectivity index (χ1n) is 5.47. The van der Waals surface area contributed by atoms with Crippen LogP contribution in [0.3, 0.4) is 0 Å². The molecule has 0 aliphatic carbocycles. The van der Waals surface area contributed by atoms with E-state index in [0.29, 0.717) is 13.2 Å². The summed E-state index contributed by atoms with van der Waals surface area (Å²) in [5.41, 5.74) is 0.651. The minimum absolute atomic E-state index is 0.525. The lowest BCUT2D eigenvalue weighted by Gasteiger charge is -2.32. The SMILES string of the molecule is Cn1nccc1CCC1(O)CCOCC1. The van der Waals surface area contributed by atoms with Crippen LogP contribution in [0.5, 0.6) is 0 Å². The van der Waals surface area contributed by atoms with Crippen molar-refractivity contribution in [2.75, 3.05) is 13.2 Å². The largest absolute Gasteiger partial charge is 0.390 e. The summed E-state index contributed by atoms with van der Waals surface area (Å²) in [6.45, 7) is 1.36. The van der Waals surface area contributed by atoms with Gasteiger partial charge in [0.2, 0.25) is 0 Å². The monoisotopic (exact) mass is 210 g/mol. The molecule has 4 heteroatoms. The van der Waals surface area contributed by atoms with Crippen LogP contribution in [-0.2, 0) is 18.2 Å². The molecule has 1 saturated heterocycles. The summed E-state index contributed by atoms with van der Waals surface area (Å²) in [6, 6.07) is 2.00. The molecule has 0 atom stereocenters. The summed E-state index contributed by atoms with van der Waals surface area (Å²) in [6.07, 6.45) is 4.99. The number of hydrogen-bond donors (Lipinski definition) is 1. The van der Waals surface area contributed by atoms with Gasteiger partial charge in [-0.05, 0) is 31.7 Å². The molecule has 1 aliphatic heterocycles. The van der Waals surface area contributed by atoms with Crippen molar-refractivity contribution in [1.82, 2.24) is 9.78 Å². The van der Waals surface area contributed by atoms with Gasteiger partial charge in [0, 0.05) is 32.2 Å². The zero-order valence-corrected chi connectivity index (χ0v) is 9.15. The molecular weight excluding hydrogens is 192 g/mol. The van der Waals surface area contributed by atoms with Crippen molar-refractivity contribution in [3.05, 3.63) is 18.0 Å². The van der Waals surface area contributed by atoms with E-state index in [0.717, 1.165) is 25.7 Å². The molecule has 0 spiro atoms. The second-order valence-corrected chi connectivity index (χ2v) is 4.28. The maximum atomic E-state index is 10.3. The Balaban J connectivity index is 1.89. The number of hydrogen-bond acceptors (Lipinski definition) is 3. The molecule has 0 radical (unpaired) electrons. The van der Waals surface area contributed by atoms with Crippen molar-refractivity contribution < 1.29 is 9.84 Å². The molecule has 0 aromatic carbocycles. The molecule has 2 rings (SSSR count). The third-order valence-corrected chi connectivity index (χ3v) is 3.19. The third-order valence-electron chi connectivity index (χ3n) is 3.19. The van der Waals surface area contributed by atoms with Crippen LogP contribution < -0.4 is 0 Å². The second-order valence-electron chi connectivity index (χ2n) is 4.28. The molecule has 0 bridgehead atoms. The fraction of sp³-hybridized carbons (Fsp3) is 0.727. The average molecular weight is 210 g/mol. The van der Waals surface area contributed by atoms with Gasteiger partial charge in [-0.25, -0.2) is 0 Å². The molecule has 0 unspecified atom stereocenters. The van der Waals surface area contributed by atoms with Crippen molar-refractivity contribution in [2.45, 2.75) is 31.3 Å². The van der Waals surface area contributed by atoms with Gasteiger partial charge in [-0.1, -0.05) is 0 Å². The Bertz CT molecular complexity index is 316. The summed E-state index contributed by atoms with van der Waals surface area (Å²) in [5, 5.41) is 14.4. The molecule has 1 N–H and O–H groups in total. The van der Waals surface area contributed by atoms with E-state index < -0.39 is 5.60 Å². The molecule has 1 aliphatic rings. The van der Waals surface area contributed by atoms with E-state index in [9.17, 15) is 5.11 Å². The Morgan fingerprint density at radius 3 is 2.87 bits per heavy atom. The first-order valence-corrected chi connectivity index (χ1v) is 5.47. The second kappa shape index (κ2) is 4.33. The van der Waals surface area contributed by atoms with E-state index in [1.807, 2.05) is 17.8 Å². The van der Waals surface area contributed by atoms with Crippen LogP contribution in [0.1, 0.15) is 25.0 Å². The van der Waals surface area contributed by atoms with Crippen LogP contribution in [0.25, 0.3) is 0 Å². The van der Waals surface area contributed by atoms with Crippen molar-refractivity contribution in [3.8, 4) is 0 Å². The summed E-state index contributed by atoms with van der Waals surface area (Å²) in [4.78, 5) is 0. The van der Waals surface area contributed by atoms with Crippen molar-refractivity contribution in [1.29, 1.82) is 0 Å². The minimum Gasteiger partial charge on any atom is -0.390 e. The molecule has 84 valence electrons. The topological polar surface area (TPSA) is 47.3 Å². The van der Waals surface area contributed by atoms with E-state index in [-0.39, 0.29) is 0 Å². The van der Waals surface area contributed by atoms with Crippen LogP contribution in [-0.4, -0.2) is 33.7 Å². The van der Waals surface area contributed by atoms with Crippen molar-refractivity contribution in [3.63, 3.8) is 0 Å². The van der Waals surface area contributed by atoms with E-state index in [1.165, 1.54) is 5.69 Å². The van der Waals surface area contributed by atoms with Crippen LogP contribution in [0.4, 0.5) is 0 Å². The molecule has 1 aromatic rings. The predicted octanol–water partition coefficient (Wildman–Crippen LogP) is 0.894. The maximum absolute atomic E-state index is 10.3. The van der Waals surface area contributed by atoms with Gasteiger partial charge in [0.15, 0.2) is 0 Å². The fourth-order valence-electron chi connectivity index (χ4n) is 2.01. The Morgan fingerprint density at radius 1 is 1.53 bits per heavy atom. The summed E-state index contributed by atoms with van der Waals surface area (Å²) >= 11 is 0. The lowest BCUT2D eigenvalue weighted by atomic mass is 9.89. The summed E-state index contributed by atoms with van der Waals surface area (Å²) < 4.78 is 7.11. The van der Waals surface area contributed by atoms with E-state index in [4.69, 9.17) is 4.74 Å². The highest BCUT2D eigenvalue weighted by atomic mass is 16.5. The third kappa shape index (κ3) is 2.58. The molecule has 4 nitrogen and oxygen atoms in total. The molecule has 1 fully saturated rings. The summed E-state index contributed by atoms with van der Waals surface area (Å²) in [7, 11) is 1.93. The van der Waals surface area contributed by atoms with E-state index in [2.05, 4.69) is 5.10 Å². The molecule has 0 saturated carbocycles. The quantitative estimate of drug-likeness (QED) is 0.806. The van der Waals surface area contributed by atoms with Crippen LogP contribution in [0.15, 0.2) is 12.3 Å². The lowest BCUT2D eigenvalue weighted by molar-refractivity contribution is -0.0678. The number of aliphatic hydroxyl groups is 1. The average Bonchev–Trinajstić information content (AvgIpc) is 2.62. The van der Waals surface area contributed by atoms with Gasteiger partial charge < -0.3 is 9.84 Å². The zero-order valence-electron chi connectivity index (χ0n) is 9.15. The number of nitrogens with zero attached hydrogens (tertiary/aromatic N) is 2. The Kier molecular flexibility index (Phi) is 3.07. The standard InChI is InChI=1S/C11H18N2O2/c1-13-10(3-7-12-13)2-4-11(14)5-8-15-9-6-11/h3,7,14H,2,4-6,8-9H2,1H3. The van der Waals surface area contributed by atoms with Gasteiger partial charge in [0.25, 0.3) is 0 Å². The molecular formula is C11H18N2O2. The van der Waals surface area contributed by atoms with Crippen LogP contribution in [0.2, 0.25) is 0 Å². The first-order chi connectivity index (χ1) is 7.20. The van der Waals surface area contributed by atoms with Gasteiger partial charge in [-0.3, -0.25) is 4.68 Å². The minimum atomic E-state index is -0.525. The zero-order chi connectivity index (χ0) is 10.7. The van der Waals surface area contributed by atoms with Crippen LogP contribution in [0, 0.1) is 0 Å². The molecule has 0 amide bonds. The number of rotatable bonds is 3. The highest BCUT2D eigenvalue weighted by Crippen LogP contribution is 2.25. The molecule has 1 aromatic heterocycles. The Morgan fingerprint density at radius 2 is 2.27 bits per heavy atom. The summed E-state index contributed by atoms with van der Waals surface area (Å²) in [5.74, 6) is 0. The predicted molar refractivity (Wildman–Crippen MR) is 56.5 cm³/mol. The van der Waals surface area contributed by atoms with Gasteiger partial charge >= 0.3 is 0 Å². The van der Waals surface area contributed by atoms with Gasteiger partial charge in [-0.15, -0.1) is 0 Å². The van der Waals surface area contributed by atoms with Crippen LogP contribution >= 0.6 is 0 Å². The normalized spacial score (nSPS) is 20.4. The number of aryl methyl sites for hydroxylation is 2. The maximum Gasteiger partial charge on any atom is 0.0695 e. The van der Waals surface area contributed by atoms with Crippen molar-refractivity contribution in [2.24, 2.45) is 7.05 Å². The number of aromatic nitrogens is 2. The Labute approximate surface area is 89.9 Å². The molecule has 15 heavy (non-hydrogen) atoms. The van der Waals surface area contributed by atoms with Crippen molar-refractivity contribution >= 4 is 0 Å². The van der Waals surface area contributed by atoms with Gasteiger partial charge in [-0.2, -0.15) is 5.10 Å². The van der Waals surface area contributed by atoms with E-state index >= 15 is 0 Å².